The van der Waals surface area contributed by atoms with Gasteiger partial charge in [-0.2, -0.15) is 0 Å². The first-order chi connectivity index (χ1) is 7.27. The highest BCUT2D eigenvalue weighted by Gasteiger charge is 2.18. The average Bonchev–Trinajstić information content (AvgIpc) is 2.29. The monoisotopic (exact) mass is 213 g/mol. The number of amides is 1. The van der Waals surface area contributed by atoms with Crippen LogP contribution in [-0.4, -0.2) is 62.1 Å². The zero-order chi connectivity index (χ0) is 11.1. The van der Waals surface area contributed by atoms with E-state index in [9.17, 15) is 4.79 Å². The molecule has 87 valence electrons. The van der Waals surface area contributed by atoms with Gasteiger partial charge in [0.25, 0.3) is 0 Å². The first-order valence-electron chi connectivity index (χ1n) is 5.56. The number of hydrogen-bond donors (Lipinski definition) is 0. The summed E-state index contributed by atoms with van der Waals surface area (Å²) in [6.07, 6.45) is 1.45. The van der Waals surface area contributed by atoms with Crippen molar-refractivity contribution in [1.29, 1.82) is 0 Å². The van der Waals surface area contributed by atoms with Crippen molar-refractivity contribution in [3.8, 4) is 0 Å². The largest absolute Gasteiger partial charge is 0.385 e. The molecule has 0 aliphatic carbocycles. The lowest BCUT2D eigenvalue weighted by molar-refractivity contribution is -0.132. The van der Waals surface area contributed by atoms with Crippen molar-refractivity contribution in [3.05, 3.63) is 6.92 Å². The molecular weight excluding hydrogens is 192 g/mol. The number of piperazine rings is 1. The van der Waals surface area contributed by atoms with Crippen LogP contribution >= 0.6 is 0 Å². The van der Waals surface area contributed by atoms with E-state index >= 15 is 0 Å². The van der Waals surface area contributed by atoms with E-state index in [2.05, 4.69) is 11.8 Å². The zero-order valence-electron chi connectivity index (χ0n) is 9.57. The highest BCUT2D eigenvalue weighted by atomic mass is 16.5. The van der Waals surface area contributed by atoms with Crippen molar-refractivity contribution in [1.82, 2.24) is 9.80 Å². The minimum absolute atomic E-state index is 0.173. The van der Waals surface area contributed by atoms with Crippen molar-refractivity contribution >= 4 is 5.91 Å². The summed E-state index contributed by atoms with van der Waals surface area (Å²) in [5.74, 6) is 0.173. The van der Waals surface area contributed by atoms with Gasteiger partial charge in [-0.3, -0.25) is 9.69 Å². The molecule has 0 unspecified atom stereocenters. The molecule has 1 fully saturated rings. The molecule has 1 aliphatic heterocycles. The Bertz CT molecular complexity index is 189. The smallest absolute Gasteiger partial charge is 0.222 e. The second kappa shape index (κ2) is 6.80. The summed E-state index contributed by atoms with van der Waals surface area (Å²) in [5.41, 5.74) is 0. The van der Waals surface area contributed by atoms with Crippen molar-refractivity contribution in [2.45, 2.75) is 12.8 Å². The molecule has 0 spiro atoms. The summed E-state index contributed by atoms with van der Waals surface area (Å²) in [5, 5.41) is 0. The SMILES string of the molecule is [CH2]CC(=O)N1CCN(CCCOC)CC1. The lowest BCUT2D eigenvalue weighted by Crippen LogP contribution is -2.48. The van der Waals surface area contributed by atoms with Gasteiger partial charge in [-0.15, -0.1) is 0 Å². The van der Waals surface area contributed by atoms with Crippen LogP contribution in [0.1, 0.15) is 12.8 Å². The van der Waals surface area contributed by atoms with Crippen LogP contribution in [0.3, 0.4) is 0 Å². The van der Waals surface area contributed by atoms with Gasteiger partial charge in [0, 0.05) is 52.9 Å². The van der Waals surface area contributed by atoms with E-state index in [1.165, 1.54) is 0 Å². The van der Waals surface area contributed by atoms with Gasteiger partial charge in [-0.25, -0.2) is 0 Å². The summed E-state index contributed by atoms with van der Waals surface area (Å²) < 4.78 is 5.01. The van der Waals surface area contributed by atoms with Crippen molar-refractivity contribution in [2.24, 2.45) is 0 Å². The van der Waals surface area contributed by atoms with Crippen LogP contribution in [0.25, 0.3) is 0 Å². The highest BCUT2D eigenvalue weighted by Crippen LogP contribution is 2.04. The quantitative estimate of drug-likeness (QED) is 0.619. The molecule has 0 aromatic carbocycles. The lowest BCUT2D eigenvalue weighted by Gasteiger charge is -2.34. The van der Waals surface area contributed by atoms with Gasteiger partial charge in [-0.1, -0.05) is 0 Å². The summed E-state index contributed by atoms with van der Waals surface area (Å²) in [6, 6.07) is 0. The molecule has 4 heteroatoms. The van der Waals surface area contributed by atoms with E-state index in [1.54, 1.807) is 7.11 Å². The number of carbonyl (C=O) groups excluding carboxylic acids is 1. The number of nitrogens with zero attached hydrogens (tertiary/aromatic N) is 2. The molecule has 1 saturated heterocycles. The third-order valence-corrected chi connectivity index (χ3v) is 2.76. The number of rotatable bonds is 5. The van der Waals surface area contributed by atoms with Crippen LogP contribution in [0.15, 0.2) is 0 Å². The predicted molar refractivity (Wildman–Crippen MR) is 59.5 cm³/mol. The van der Waals surface area contributed by atoms with Crippen LogP contribution in [0, 0.1) is 6.92 Å². The molecular formula is C11H21N2O2. The van der Waals surface area contributed by atoms with E-state index < -0.39 is 0 Å². The van der Waals surface area contributed by atoms with Gasteiger partial charge in [0.05, 0.1) is 0 Å². The van der Waals surface area contributed by atoms with Gasteiger partial charge >= 0.3 is 0 Å². The molecule has 0 aromatic heterocycles. The average molecular weight is 213 g/mol. The van der Waals surface area contributed by atoms with E-state index in [-0.39, 0.29) is 5.91 Å². The summed E-state index contributed by atoms with van der Waals surface area (Å²) in [4.78, 5) is 15.6. The molecule has 4 nitrogen and oxygen atoms in total. The Morgan fingerprint density at radius 2 is 2.00 bits per heavy atom. The fourth-order valence-corrected chi connectivity index (χ4v) is 1.81. The minimum Gasteiger partial charge on any atom is -0.385 e. The summed E-state index contributed by atoms with van der Waals surface area (Å²) in [7, 11) is 1.73. The molecule has 0 N–H and O–H groups in total. The third-order valence-electron chi connectivity index (χ3n) is 2.76. The molecule has 1 radical (unpaired) electrons. The van der Waals surface area contributed by atoms with Crippen molar-refractivity contribution < 1.29 is 9.53 Å². The molecule has 1 heterocycles. The van der Waals surface area contributed by atoms with Gasteiger partial charge < -0.3 is 9.64 Å². The van der Waals surface area contributed by atoms with E-state index in [4.69, 9.17) is 4.74 Å². The number of carbonyl (C=O) groups is 1. The van der Waals surface area contributed by atoms with E-state index in [0.717, 1.165) is 45.8 Å². The van der Waals surface area contributed by atoms with Gasteiger partial charge in [-0.05, 0) is 13.3 Å². The topological polar surface area (TPSA) is 32.8 Å². The molecule has 0 atom stereocenters. The second-order valence-electron chi connectivity index (χ2n) is 3.82. The standard InChI is InChI=1S/C11H21N2O2/c1-3-11(14)13-8-6-12(7-9-13)5-4-10-15-2/h1,3-10H2,2H3. The fourth-order valence-electron chi connectivity index (χ4n) is 1.81. The Kier molecular flexibility index (Phi) is 5.65. The Labute approximate surface area is 92.2 Å². The minimum atomic E-state index is 0.173. The van der Waals surface area contributed by atoms with E-state index in [0.29, 0.717) is 6.42 Å². The van der Waals surface area contributed by atoms with Crippen LogP contribution < -0.4 is 0 Å². The summed E-state index contributed by atoms with van der Waals surface area (Å²) >= 11 is 0. The lowest BCUT2D eigenvalue weighted by atomic mass is 10.2. The van der Waals surface area contributed by atoms with Gasteiger partial charge in [0.2, 0.25) is 5.91 Å². The number of methoxy groups -OCH3 is 1. The maximum atomic E-state index is 11.4. The molecule has 1 amide bonds. The van der Waals surface area contributed by atoms with Crippen LogP contribution in [-0.2, 0) is 9.53 Å². The molecule has 1 aliphatic rings. The normalized spacial score (nSPS) is 18.1. The highest BCUT2D eigenvalue weighted by molar-refractivity contribution is 5.76. The zero-order valence-corrected chi connectivity index (χ0v) is 9.57. The first kappa shape index (κ1) is 12.5. The van der Waals surface area contributed by atoms with Crippen LogP contribution in [0.4, 0.5) is 0 Å². The molecule has 1 rings (SSSR count). The van der Waals surface area contributed by atoms with Gasteiger partial charge in [0.1, 0.15) is 0 Å². The Morgan fingerprint density at radius 1 is 1.33 bits per heavy atom. The number of hydrogen-bond acceptors (Lipinski definition) is 3. The van der Waals surface area contributed by atoms with Crippen LogP contribution in [0.2, 0.25) is 0 Å². The maximum Gasteiger partial charge on any atom is 0.222 e. The van der Waals surface area contributed by atoms with Crippen molar-refractivity contribution in [3.63, 3.8) is 0 Å². The van der Waals surface area contributed by atoms with E-state index in [1.807, 2.05) is 4.90 Å². The molecule has 0 aromatic rings. The molecule has 0 bridgehead atoms. The summed E-state index contributed by atoms with van der Waals surface area (Å²) in [6.45, 7) is 9.17. The first-order valence-corrected chi connectivity index (χ1v) is 5.56. The molecule has 0 saturated carbocycles. The van der Waals surface area contributed by atoms with Gasteiger partial charge in [0.15, 0.2) is 0 Å². The Balaban J connectivity index is 2.15. The van der Waals surface area contributed by atoms with Crippen molar-refractivity contribution in [2.75, 3.05) is 46.4 Å². The Hall–Kier alpha value is -0.610. The number of ether oxygens (including phenoxy) is 1. The second-order valence-corrected chi connectivity index (χ2v) is 3.82. The molecule has 15 heavy (non-hydrogen) atoms. The predicted octanol–water partition coefficient (Wildman–Crippen LogP) is 0.391. The Morgan fingerprint density at radius 3 is 2.53 bits per heavy atom. The maximum absolute atomic E-state index is 11.4. The third kappa shape index (κ3) is 4.18. The van der Waals surface area contributed by atoms with Crippen LogP contribution in [0.5, 0.6) is 0 Å². The fraction of sp³-hybridized carbons (Fsp3) is 0.818.